The summed E-state index contributed by atoms with van der Waals surface area (Å²) in [5, 5.41) is 22.4. The average molecular weight is 465 g/mol. The van der Waals surface area contributed by atoms with Crippen molar-refractivity contribution in [2.75, 3.05) is 20.2 Å². The zero-order chi connectivity index (χ0) is 23.8. The second kappa shape index (κ2) is 10.9. The number of ether oxygens (including phenoxy) is 1. The van der Waals surface area contributed by atoms with Crippen LogP contribution in [0.1, 0.15) is 33.2 Å². The Bertz CT molecular complexity index is 1250. The zero-order valence-corrected chi connectivity index (χ0v) is 18.9. The van der Waals surface area contributed by atoms with Gasteiger partial charge in [0.15, 0.2) is 0 Å². The van der Waals surface area contributed by atoms with Crippen LogP contribution in [-0.4, -0.2) is 39.7 Å². The molecule has 0 fully saturated rings. The summed E-state index contributed by atoms with van der Waals surface area (Å²) in [4.78, 5) is 11.8. The highest BCUT2D eigenvalue weighted by atomic mass is 32.2. The van der Waals surface area contributed by atoms with E-state index in [2.05, 4.69) is 16.1 Å². The average Bonchev–Trinajstić information content (AvgIpc) is 2.86. The van der Waals surface area contributed by atoms with Crippen LogP contribution in [0.4, 0.5) is 0 Å². The van der Waals surface area contributed by atoms with Crippen molar-refractivity contribution in [1.29, 1.82) is 5.26 Å². The minimum absolute atomic E-state index is 0.0963. The smallest absolute Gasteiger partial charge is 0.337 e. The third-order valence-electron chi connectivity index (χ3n) is 5.15. The summed E-state index contributed by atoms with van der Waals surface area (Å²) >= 11 is 0. The van der Waals surface area contributed by atoms with Gasteiger partial charge in [-0.15, -0.1) is 0 Å². The van der Waals surface area contributed by atoms with Gasteiger partial charge in [0.05, 0.1) is 40.2 Å². The highest BCUT2D eigenvalue weighted by molar-refractivity contribution is 7.91. The highest BCUT2D eigenvalue weighted by Gasteiger charge is 2.18. The Labute approximate surface area is 193 Å². The molecule has 0 bridgehead atoms. The summed E-state index contributed by atoms with van der Waals surface area (Å²) in [7, 11) is -2.44. The number of hydrogen-bond donors (Lipinski definition) is 2. The molecular formula is C25H24N2O5S. The van der Waals surface area contributed by atoms with Crippen LogP contribution in [0.15, 0.2) is 82.6 Å². The number of benzene rings is 3. The van der Waals surface area contributed by atoms with E-state index in [9.17, 15) is 18.3 Å². The molecule has 0 saturated heterocycles. The number of carbonyl (C=O) groups excluding carboxylic acids is 1. The molecule has 0 radical (unpaired) electrons. The van der Waals surface area contributed by atoms with Gasteiger partial charge in [0.1, 0.15) is 0 Å². The first-order valence-electron chi connectivity index (χ1n) is 10.3. The number of esters is 1. The summed E-state index contributed by atoms with van der Waals surface area (Å²) in [5.41, 5.74) is 2.40. The molecule has 1 atom stereocenters. The van der Waals surface area contributed by atoms with E-state index in [-0.39, 0.29) is 15.4 Å². The van der Waals surface area contributed by atoms with E-state index in [1.807, 2.05) is 0 Å². The molecular weight excluding hydrogens is 440 g/mol. The number of sulfone groups is 1. The molecule has 0 aliphatic carbocycles. The third kappa shape index (κ3) is 6.05. The first-order valence-corrected chi connectivity index (χ1v) is 11.7. The van der Waals surface area contributed by atoms with Crippen molar-refractivity contribution in [2.45, 2.75) is 22.3 Å². The van der Waals surface area contributed by atoms with E-state index in [0.29, 0.717) is 30.6 Å². The van der Waals surface area contributed by atoms with E-state index >= 15 is 0 Å². The van der Waals surface area contributed by atoms with Crippen molar-refractivity contribution < 1.29 is 23.1 Å². The van der Waals surface area contributed by atoms with Gasteiger partial charge in [0.25, 0.3) is 0 Å². The number of hydrogen-bond acceptors (Lipinski definition) is 7. The topological polar surface area (TPSA) is 116 Å². The molecule has 33 heavy (non-hydrogen) atoms. The molecule has 0 aliphatic heterocycles. The van der Waals surface area contributed by atoms with Gasteiger partial charge in [0.2, 0.25) is 9.84 Å². The van der Waals surface area contributed by atoms with Gasteiger partial charge in [-0.1, -0.05) is 24.3 Å². The Morgan fingerprint density at radius 3 is 2.30 bits per heavy atom. The van der Waals surface area contributed by atoms with Gasteiger partial charge in [0, 0.05) is 6.54 Å². The van der Waals surface area contributed by atoms with E-state index in [1.165, 1.54) is 31.4 Å². The monoisotopic (exact) mass is 464 g/mol. The molecule has 0 saturated carbocycles. The summed E-state index contributed by atoms with van der Waals surface area (Å²) < 4.78 is 30.3. The summed E-state index contributed by atoms with van der Waals surface area (Å²) in [6, 6.07) is 21.1. The number of methoxy groups -OCH3 is 1. The fourth-order valence-corrected chi connectivity index (χ4v) is 4.53. The molecule has 0 spiro atoms. The van der Waals surface area contributed by atoms with Crippen LogP contribution in [0.25, 0.3) is 0 Å². The van der Waals surface area contributed by atoms with Crippen LogP contribution >= 0.6 is 0 Å². The molecule has 0 aromatic heterocycles. The first kappa shape index (κ1) is 24.1. The molecule has 0 unspecified atom stereocenters. The molecule has 0 heterocycles. The maximum atomic E-state index is 12.8. The van der Waals surface area contributed by atoms with Crippen LogP contribution in [0.2, 0.25) is 0 Å². The number of carbonyl (C=O) groups is 1. The standard InChI is InChI=1S/C25H24N2O5S/c1-32-25(29)20-7-11-23(12-8-20)33(30,31)22-9-5-18(6-10-22)13-14-27-17-24(28)21-4-2-3-19(15-21)16-26/h2-12,15,24,27-28H,13-14,17H2,1H3/t24-/m1/s1. The molecule has 3 aromatic carbocycles. The van der Waals surface area contributed by atoms with Crippen LogP contribution in [0, 0.1) is 11.3 Å². The van der Waals surface area contributed by atoms with Crippen molar-refractivity contribution >= 4 is 15.8 Å². The largest absolute Gasteiger partial charge is 0.465 e. The maximum Gasteiger partial charge on any atom is 0.337 e. The minimum Gasteiger partial charge on any atom is -0.465 e. The van der Waals surface area contributed by atoms with Gasteiger partial charge in [-0.2, -0.15) is 5.26 Å². The second-order valence-electron chi connectivity index (χ2n) is 7.37. The first-order chi connectivity index (χ1) is 15.8. The molecule has 170 valence electrons. The Morgan fingerprint density at radius 2 is 1.70 bits per heavy atom. The minimum atomic E-state index is -3.70. The van der Waals surface area contributed by atoms with E-state index in [4.69, 9.17) is 5.26 Å². The van der Waals surface area contributed by atoms with Crippen LogP contribution < -0.4 is 5.32 Å². The van der Waals surface area contributed by atoms with E-state index in [0.717, 1.165) is 5.56 Å². The third-order valence-corrected chi connectivity index (χ3v) is 6.93. The normalized spacial score (nSPS) is 12.0. The zero-order valence-electron chi connectivity index (χ0n) is 18.1. The number of nitriles is 1. The highest BCUT2D eigenvalue weighted by Crippen LogP contribution is 2.22. The summed E-state index contributed by atoms with van der Waals surface area (Å²) in [6.07, 6.45) is -0.0737. The Kier molecular flexibility index (Phi) is 7.96. The lowest BCUT2D eigenvalue weighted by Crippen LogP contribution is -2.23. The van der Waals surface area contributed by atoms with Crippen molar-refractivity contribution in [3.8, 4) is 6.07 Å². The molecule has 8 heteroatoms. The fraction of sp³-hybridized carbons (Fsp3) is 0.200. The maximum absolute atomic E-state index is 12.8. The summed E-state index contributed by atoms with van der Waals surface area (Å²) in [5.74, 6) is -0.528. The summed E-state index contributed by atoms with van der Waals surface area (Å²) in [6.45, 7) is 0.930. The Balaban J connectivity index is 1.55. The lowest BCUT2D eigenvalue weighted by Gasteiger charge is -2.12. The predicted molar refractivity (Wildman–Crippen MR) is 122 cm³/mol. The molecule has 3 rings (SSSR count). The van der Waals surface area contributed by atoms with Crippen LogP contribution in [0.5, 0.6) is 0 Å². The van der Waals surface area contributed by atoms with Gasteiger partial charge >= 0.3 is 5.97 Å². The van der Waals surface area contributed by atoms with Crippen molar-refractivity contribution in [1.82, 2.24) is 5.32 Å². The van der Waals surface area contributed by atoms with E-state index < -0.39 is 21.9 Å². The number of nitrogens with one attached hydrogen (secondary N) is 1. The molecule has 7 nitrogen and oxygen atoms in total. The molecule has 2 N–H and O–H groups in total. The fourth-order valence-electron chi connectivity index (χ4n) is 3.26. The lowest BCUT2D eigenvalue weighted by molar-refractivity contribution is 0.0600. The SMILES string of the molecule is COC(=O)c1ccc(S(=O)(=O)c2ccc(CCNC[C@@H](O)c3cccc(C#N)c3)cc2)cc1. The second-order valence-corrected chi connectivity index (χ2v) is 9.32. The molecule has 0 aliphatic rings. The number of aliphatic hydroxyl groups excluding tert-OH is 1. The van der Waals surface area contributed by atoms with Crippen LogP contribution in [0.3, 0.4) is 0 Å². The van der Waals surface area contributed by atoms with Gasteiger partial charge in [-0.05, 0) is 72.6 Å². The van der Waals surface area contributed by atoms with Crippen molar-refractivity contribution in [3.05, 3.63) is 95.1 Å². The predicted octanol–water partition coefficient (Wildman–Crippen LogP) is 3.04. The van der Waals surface area contributed by atoms with E-state index in [1.54, 1.807) is 48.5 Å². The van der Waals surface area contributed by atoms with Crippen LogP contribution in [-0.2, 0) is 21.0 Å². The van der Waals surface area contributed by atoms with Gasteiger partial charge in [-0.3, -0.25) is 0 Å². The molecule has 0 amide bonds. The van der Waals surface area contributed by atoms with Crippen molar-refractivity contribution in [2.24, 2.45) is 0 Å². The lowest BCUT2D eigenvalue weighted by atomic mass is 10.1. The quantitative estimate of drug-likeness (QED) is 0.369. The van der Waals surface area contributed by atoms with Crippen molar-refractivity contribution in [3.63, 3.8) is 0 Å². The number of rotatable bonds is 9. The molecule has 3 aromatic rings. The Morgan fingerprint density at radius 1 is 1.06 bits per heavy atom. The number of nitrogens with zero attached hydrogens (tertiary/aromatic N) is 1. The van der Waals surface area contributed by atoms with Gasteiger partial charge < -0.3 is 15.2 Å². The Hall–Kier alpha value is -3.51. The number of aliphatic hydroxyl groups is 1. The van der Waals surface area contributed by atoms with Gasteiger partial charge in [-0.25, -0.2) is 13.2 Å².